The molecule has 7 heteroatoms. The van der Waals surface area contributed by atoms with Crippen molar-refractivity contribution in [1.29, 1.82) is 0 Å². The van der Waals surface area contributed by atoms with Crippen molar-refractivity contribution in [3.63, 3.8) is 0 Å². The SMILES string of the molecule is CN[C@@H]1CCN(c2nc(N)nc(N)c2CC2CC2)C1.O. The van der Waals surface area contributed by atoms with Gasteiger partial charge in [-0.15, -0.1) is 0 Å². The number of hydrogen-bond donors (Lipinski definition) is 3. The predicted octanol–water partition coefficient (Wildman–Crippen LogP) is -0.433. The number of nitrogen functional groups attached to an aromatic ring is 2. The molecule has 2 heterocycles. The fourth-order valence-electron chi connectivity index (χ4n) is 2.76. The molecule has 0 aromatic carbocycles. The largest absolute Gasteiger partial charge is 0.412 e. The first-order chi connectivity index (χ1) is 9.17. The number of aromatic nitrogens is 2. The van der Waals surface area contributed by atoms with Crippen molar-refractivity contribution < 1.29 is 5.48 Å². The van der Waals surface area contributed by atoms with E-state index < -0.39 is 0 Å². The summed E-state index contributed by atoms with van der Waals surface area (Å²) in [7, 11) is 2.00. The summed E-state index contributed by atoms with van der Waals surface area (Å²) in [4.78, 5) is 10.9. The third kappa shape index (κ3) is 2.94. The van der Waals surface area contributed by atoms with Gasteiger partial charge in [-0.05, 0) is 38.6 Å². The maximum Gasteiger partial charge on any atom is 0.223 e. The van der Waals surface area contributed by atoms with Crippen molar-refractivity contribution in [1.82, 2.24) is 15.3 Å². The molecule has 0 bridgehead atoms. The minimum absolute atomic E-state index is 0. The Kier molecular flexibility index (Phi) is 4.29. The highest BCUT2D eigenvalue weighted by atomic mass is 16.0. The Morgan fingerprint density at radius 3 is 2.60 bits per heavy atom. The predicted molar refractivity (Wildman–Crippen MR) is 80.6 cm³/mol. The summed E-state index contributed by atoms with van der Waals surface area (Å²) in [6.07, 6.45) is 4.70. The van der Waals surface area contributed by atoms with Crippen molar-refractivity contribution in [2.45, 2.75) is 31.7 Å². The standard InChI is InChI=1S/C13H22N6.H2O/c1-16-9-4-5-19(7-9)12-10(6-8-2-3-8)11(14)17-13(15)18-12;/h8-9,16H,2-7H2,1H3,(H4,14,15,17,18);1H2/t9-;/m1./s1. The molecule has 20 heavy (non-hydrogen) atoms. The van der Waals surface area contributed by atoms with Gasteiger partial charge in [-0.25, -0.2) is 0 Å². The van der Waals surface area contributed by atoms with Gasteiger partial charge in [0.25, 0.3) is 0 Å². The maximum atomic E-state index is 6.06. The second kappa shape index (κ2) is 5.80. The average molecular weight is 280 g/mol. The van der Waals surface area contributed by atoms with Crippen LogP contribution in [0, 0.1) is 5.92 Å². The lowest BCUT2D eigenvalue weighted by atomic mass is 10.1. The molecule has 1 aliphatic heterocycles. The van der Waals surface area contributed by atoms with Gasteiger partial charge in [0.1, 0.15) is 11.6 Å². The Hall–Kier alpha value is -1.60. The molecule has 1 aromatic rings. The number of nitrogens with zero attached hydrogens (tertiary/aromatic N) is 3. The maximum absolute atomic E-state index is 6.06. The molecule has 0 unspecified atom stereocenters. The topological polar surface area (TPSA) is 125 Å². The monoisotopic (exact) mass is 280 g/mol. The van der Waals surface area contributed by atoms with E-state index in [9.17, 15) is 0 Å². The lowest BCUT2D eigenvalue weighted by Gasteiger charge is -2.22. The summed E-state index contributed by atoms with van der Waals surface area (Å²) in [5.74, 6) is 2.55. The lowest BCUT2D eigenvalue weighted by Crippen LogP contribution is -2.30. The van der Waals surface area contributed by atoms with Crippen molar-refractivity contribution in [2.24, 2.45) is 5.92 Å². The van der Waals surface area contributed by atoms with E-state index >= 15 is 0 Å². The van der Waals surface area contributed by atoms with Gasteiger partial charge in [0.05, 0.1) is 0 Å². The second-order valence-corrected chi connectivity index (χ2v) is 5.64. The summed E-state index contributed by atoms with van der Waals surface area (Å²) in [6, 6.07) is 0.520. The smallest absolute Gasteiger partial charge is 0.223 e. The van der Waals surface area contributed by atoms with E-state index in [0.717, 1.165) is 43.2 Å². The van der Waals surface area contributed by atoms with Crippen molar-refractivity contribution >= 4 is 17.6 Å². The molecule has 1 saturated heterocycles. The van der Waals surface area contributed by atoms with Gasteiger partial charge >= 0.3 is 0 Å². The summed E-state index contributed by atoms with van der Waals surface area (Å²) in [5, 5.41) is 3.32. The molecular formula is C13H24N6O. The first-order valence-corrected chi connectivity index (χ1v) is 7.01. The molecule has 2 fully saturated rings. The Labute approximate surface area is 119 Å². The molecule has 1 aliphatic carbocycles. The van der Waals surface area contributed by atoms with Crippen LogP contribution in [0.25, 0.3) is 0 Å². The Morgan fingerprint density at radius 2 is 2.00 bits per heavy atom. The van der Waals surface area contributed by atoms with E-state index in [2.05, 4.69) is 20.2 Å². The highest BCUT2D eigenvalue weighted by Crippen LogP contribution is 2.37. The first kappa shape index (κ1) is 14.8. The number of rotatable bonds is 4. The van der Waals surface area contributed by atoms with E-state index in [1.54, 1.807) is 0 Å². The summed E-state index contributed by atoms with van der Waals surface area (Å²) in [5.41, 5.74) is 12.9. The van der Waals surface area contributed by atoms with Crippen LogP contribution in [-0.4, -0.2) is 41.6 Å². The summed E-state index contributed by atoms with van der Waals surface area (Å²) in [6.45, 7) is 1.96. The molecule has 1 saturated carbocycles. The third-order valence-electron chi connectivity index (χ3n) is 4.12. The molecule has 7 nitrogen and oxygen atoms in total. The Balaban J connectivity index is 0.00000147. The number of likely N-dealkylation sites (N-methyl/N-ethyl adjacent to an activating group) is 1. The van der Waals surface area contributed by atoms with Crippen molar-refractivity contribution in [2.75, 3.05) is 36.5 Å². The van der Waals surface area contributed by atoms with E-state index in [4.69, 9.17) is 11.5 Å². The van der Waals surface area contributed by atoms with Gasteiger partial charge in [-0.2, -0.15) is 9.97 Å². The van der Waals surface area contributed by atoms with E-state index in [0.29, 0.717) is 11.9 Å². The number of nitrogens with two attached hydrogens (primary N) is 2. The van der Waals surface area contributed by atoms with Crippen LogP contribution in [0.1, 0.15) is 24.8 Å². The Bertz CT molecular complexity index is 476. The second-order valence-electron chi connectivity index (χ2n) is 5.64. The quantitative estimate of drug-likeness (QED) is 0.687. The fourth-order valence-corrected chi connectivity index (χ4v) is 2.76. The zero-order chi connectivity index (χ0) is 13.4. The summed E-state index contributed by atoms with van der Waals surface area (Å²) >= 11 is 0. The number of nitrogens with one attached hydrogen (secondary N) is 1. The van der Waals surface area contributed by atoms with Gasteiger partial charge in [-0.3, -0.25) is 0 Å². The van der Waals surface area contributed by atoms with Gasteiger partial charge in [0.15, 0.2) is 0 Å². The normalized spacial score (nSPS) is 21.9. The average Bonchev–Trinajstić information content (AvgIpc) is 3.06. The molecule has 0 radical (unpaired) electrons. The zero-order valence-corrected chi connectivity index (χ0v) is 11.9. The molecule has 1 atom stereocenters. The van der Waals surface area contributed by atoms with Crippen LogP contribution in [0.5, 0.6) is 0 Å². The zero-order valence-electron chi connectivity index (χ0n) is 11.9. The van der Waals surface area contributed by atoms with Crippen molar-refractivity contribution in [3.8, 4) is 0 Å². The van der Waals surface area contributed by atoms with Gasteiger partial charge < -0.3 is 27.2 Å². The van der Waals surface area contributed by atoms with Crippen molar-refractivity contribution in [3.05, 3.63) is 5.56 Å². The molecule has 1 aromatic heterocycles. The molecule has 0 spiro atoms. The minimum Gasteiger partial charge on any atom is -0.412 e. The summed E-state index contributed by atoms with van der Waals surface area (Å²) < 4.78 is 0. The minimum atomic E-state index is 0. The molecule has 2 aliphatic rings. The number of hydrogen-bond acceptors (Lipinski definition) is 6. The van der Waals surface area contributed by atoms with Crippen LogP contribution in [0.3, 0.4) is 0 Å². The van der Waals surface area contributed by atoms with Crippen LogP contribution < -0.4 is 21.7 Å². The van der Waals surface area contributed by atoms with Crippen LogP contribution in [-0.2, 0) is 6.42 Å². The van der Waals surface area contributed by atoms with E-state index in [1.807, 2.05) is 7.05 Å². The van der Waals surface area contributed by atoms with Gasteiger partial charge in [-0.1, -0.05) is 0 Å². The highest BCUT2D eigenvalue weighted by Gasteiger charge is 2.29. The molecule has 0 amide bonds. The third-order valence-corrected chi connectivity index (χ3v) is 4.12. The highest BCUT2D eigenvalue weighted by molar-refractivity contribution is 5.60. The molecule has 7 N–H and O–H groups in total. The van der Waals surface area contributed by atoms with Crippen LogP contribution in [0.2, 0.25) is 0 Å². The van der Waals surface area contributed by atoms with E-state index in [-0.39, 0.29) is 11.4 Å². The van der Waals surface area contributed by atoms with Crippen LogP contribution in [0.4, 0.5) is 17.6 Å². The van der Waals surface area contributed by atoms with E-state index in [1.165, 1.54) is 12.8 Å². The van der Waals surface area contributed by atoms with Gasteiger partial charge in [0.2, 0.25) is 5.95 Å². The number of anilines is 3. The molecule has 3 rings (SSSR count). The lowest BCUT2D eigenvalue weighted by molar-refractivity contribution is 0.616. The Morgan fingerprint density at radius 1 is 1.25 bits per heavy atom. The van der Waals surface area contributed by atoms with Crippen LogP contribution in [0.15, 0.2) is 0 Å². The molecule has 112 valence electrons. The fraction of sp³-hybridized carbons (Fsp3) is 0.692. The van der Waals surface area contributed by atoms with Crippen LogP contribution >= 0.6 is 0 Å². The first-order valence-electron chi connectivity index (χ1n) is 7.01. The van der Waals surface area contributed by atoms with Gasteiger partial charge in [0, 0.05) is 24.7 Å². The molecular weight excluding hydrogens is 256 g/mol.